The number of aldehydes is 1. The topological polar surface area (TPSA) is 91.7 Å². The standard InChI is InChI=1S/C20H32O5/c1-3-4-7-11-18(23)13-14-19(16(2)22)17(15-21)10-8-5-6-9-12-20(24)25/h5,8,10,15,18-19,23H,3-4,6-7,9,11-14H2,1-2H3,(H,24,25). The van der Waals surface area contributed by atoms with Gasteiger partial charge in [-0.05, 0) is 39.0 Å². The maximum Gasteiger partial charge on any atom is 0.303 e. The van der Waals surface area contributed by atoms with E-state index < -0.39 is 18.0 Å². The van der Waals surface area contributed by atoms with Crippen molar-refractivity contribution < 1.29 is 24.6 Å². The molecule has 0 aromatic rings. The molecule has 0 radical (unpaired) electrons. The fourth-order valence-corrected chi connectivity index (χ4v) is 2.62. The fourth-order valence-electron chi connectivity index (χ4n) is 2.62. The number of rotatable bonds is 15. The van der Waals surface area contributed by atoms with Gasteiger partial charge in [0.2, 0.25) is 0 Å². The van der Waals surface area contributed by atoms with Crippen LogP contribution >= 0.6 is 0 Å². The summed E-state index contributed by atoms with van der Waals surface area (Å²) >= 11 is 0. The molecule has 2 atom stereocenters. The molecule has 25 heavy (non-hydrogen) atoms. The van der Waals surface area contributed by atoms with Crippen LogP contribution in [-0.2, 0) is 14.4 Å². The lowest BCUT2D eigenvalue weighted by atomic mass is 9.89. The highest BCUT2D eigenvalue weighted by Gasteiger charge is 2.20. The van der Waals surface area contributed by atoms with Gasteiger partial charge >= 0.3 is 5.97 Å². The number of Topliss-reactive ketones (excluding diaryl/α,β-unsaturated/α-hetero) is 1. The molecular weight excluding hydrogens is 320 g/mol. The Labute approximate surface area is 150 Å². The fraction of sp³-hybridized carbons (Fsp3) is 0.650. The predicted octanol–water partition coefficient (Wildman–Crippen LogP) is 3.85. The highest BCUT2D eigenvalue weighted by Crippen LogP contribution is 2.20. The third kappa shape index (κ3) is 12.3. The van der Waals surface area contributed by atoms with Crippen molar-refractivity contribution in [1.29, 1.82) is 0 Å². The summed E-state index contributed by atoms with van der Waals surface area (Å²) in [5.74, 6) is -1.41. The average Bonchev–Trinajstić information content (AvgIpc) is 2.55. The van der Waals surface area contributed by atoms with Gasteiger partial charge in [-0.3, -0.25) is 14.4 Å². The van der Waals surface area contributed by atoms with Gasteiger partial charge in [-0.2, -0.15) is 0 Å². The van der Waals surface area contributed by atoms with Gasteiger partial charge < -0.3 is 10.2 Å². The number of aliphatic carboxylic acids is 1. The van der Waals surface area contributed by atoms with E-state index in [1.165, 1.54) is 6.92 Å². The average molecular weight is 352 g/mol. The summed E-state index contributed by atoms with van der Waals surface area (Å²) in [6.45, 7) is 3.57. The van der Waals surface area contributed by atoms with Crippen LogP contribution in [0.5, 0.6) is 0 Å². The van der Waals surface area contributed by atoms with Crippen LogP contribution in [0.4, 0.5) is 0 Å². The van der Waals surface area contributed by atoms with Crippen molar-refractivity contribution >= 4 is 18.0 Å². The molecule has 0 amide bonds. The minimum Gasteiger partial charge on any atom is -0.481 e. The number of carbonyl (C=O) groups is 3. The number of aliphatic hydroxyl groups is 1. The van der Waals surface area contributed by atoms with E-state index in [2.05, 4.69) is 6.92 Å². The van der Waals surface area contributed by atoms with Crippen molar-refractivity contribution in [2.45, 2.75) is 77.7 Å². The van der Waals surface area contributed by atoms with Crippen LogP contribution in [0.25, 0.3) is 0 Å². The number of hydrogen-bond acceptors (Lipinski definition) is 4. The summed E-state index contributed by atoms with van der Waals surface area (Å²) in [4.78, 5) is 33.6. The molecule has 2 unspecified atom stereocenters. The number of carboxylic acid groups (broad SMARTS) is 1. The van der Waals surface area contributed by atoms with Crippen LogP contribution in [0, 0.1) is 5.92 Å². The molecule has 0 rings (SSSR count). The largest absolute Gasteiger partial charge is 0.481 e. The molecule has 0 aliphatic carbocycles. The maximum atomic E-state index is 11.9. The van der Waals surface area contributed by atoms with E-state index in [9.17, 15) is 19.5 Å². The molecule has 0 saturated heterocycles. The van der Waals surface area contributed by atoms with Gasteiger partial charge in [0, 0.05) is 17.9 Å². The molecule has 142 valence electrons. The second-order valence-electron chi connectivity index (χ2n) is 6.39. The van der Waals surface area contributed by atoms with E-state index in [0.29, 0.717) is 37.5 Å². The summed E-state index contributed by atoms with van der Waals surface area (Å²) < 4.78 is 0. The minimum atomic E-state index is -0.827. The normalized spacial score (nSPS) is 14.4. The van der Waals surface area contributed by atoms with Gasteiger partial charge in [0.1, 0.15) is 12.1 Å². The Morgan fingerprint density at radius 1 is 1.08 bits per heavy atom. The minimum absolute atomic E-state index is 0.0848. The van der Waals surface area contributed by atoms with Crippen LogP contribution in [0.3, 0.4) is 0 Å². The number of unbranched alkanes of at least 4 members (excludes halogenated alkanes) is 3. The van der Waals surface area contributed by atoms with Gasteiger partial charge in [0.25, 0.3) is 0 Å². The number of hydrogen-bond donors (Lipinski definition) is 2. The molecule has 0 fully saturated rings. The summed E-state index contributed by atoms with van der Waals surface area (Å²) in [5, 5.41) is 18.6. The van der Waals surface area contributed by atoms with E-state index >= 15 is 0 Å². The molecular formula is C20H32O5. The Morgan fingerprint density at radius 2 is 1.80 bits per heavy atom. The van der Waals surface area contributed by atoms with Crippen LogP contribution < -0.4 is 0 Å². The Morgan fingerprint density at radius 3 is 2.36 bits per heavy atom. The lowest BCUT2D eigenvalue weighted by molar-refractivity contribution is -0.137. The van der Waals surface area contributed by atoms with Gasteiger partial charge in [-0.25, -0.2) is 0 Å². The summed E-state index contributed by atoms with van der Waals surface area (Å²) in [7, 11) is 0. The summed E-state index contributed by atoms with van der Waals surface area (Å²) in [6, 6.07) is 0. The first kappa shape index (κ1) is 23.2. The first-order valence-corrected chi connectivity index (χ1v) is 9.14. The van der Waals surface area contributed by atoms with Crippen LogP contribution in [0.15, 0.2) is 23.8 Å². The van der Waals surface area contributed by atoms with Crippen LogP contribution in [0.2, 0.25) is 0 Å². The molecule has 0 saturated carbocycles. The Kier molecular flexibility index (Phi) is 13.6. The first-order chi connectivity index (χ1) is 11.9. The molecule has 0 spiro atoms. The first-order valence-electron chi connectivity index (χ1n) is 9.14. The smallest absolute Gasteiger partial charge is 0.303 e. The Balaban J connectivity index is 4.55. The molecule has 0 aromatic carbocycles. The second-order valence-corrected chi connectivity index (χ2v) is 6.39. The molecule has 5 heteroatoms. The highest BCUT2D eigenvalue weighted by atomic mass is 16.4. The zero-order valence-electron chi connectivity index (χ0n) is 15.4. The highest BCUT2D eigenvalue weighted by molar-refractivity contribution is 5.90. The maximum absolute atomic E-state index is 11.9. The Bertz CT molecular complexity index is 465. The van der Waals surface area contributed by atoms with Crippen LogP contribution in [0.1, 0.15) is 71.6 Å². The van der Waals surface area contributed by atoms with Crippen molar-refractivity contribution in [3.63, 3.8) is 0 Å². The molecule has 0 bridgehead atoms. The Hall–Kier alpha value is -1.75. The number of carbonyl (C=O) groups excluding carboxylic acids is 2. The van der Waals surface area contributed by atoms with Gasteiger partial charge in [0.05, 0.1) is 6.10 Å². The van der Waals surface area contributed by atoms with Crippen molar-refractivity contribution in [3.05, 3.63) is 23.8 Å². The molecule has 0 aliphatic heterocycles. The quantitative estimate of drug-likeness (QED) is 0.202. The summed E-state index contributed by atoms with van der Waals surface area (Å²) in [6.07, 6.45) is 11.4. The third-order valence-electron chi connectivity index (χ3n) is 4.14. The van der Waals surface area contributed by atoms with E-state index in [1.54, 1.807) is 18.2 Å². The second kappa shape index (κ2) is 14.6. The van der Waals surface area contributed by atoms with Gasteiger partial charge in [0.15, 0.2) is 0 Å². The number of carboxylic acids is 1. The number of ketones is 1. The molecule has 5 nitrogen and oxygen atoms in total. The molecule has 0 heterocycles. The zero-order valence-corrected chi connectivity index (χ0v) is 15.4. The lowest BCUT2D eigenvalue weighted by Gasteiger charge is -2.16. The zero-order chi connectivity index (χ0) is 19.1. The molecule has 2 N–H and O–H groups in total. The van der Waals surface area contributed by atoms with Crippen molar-refractivity contribution in [2.75, 3.05) is 0 Å². The van der Waals surface area contributed by atoms with E-state index in [4.69, 9.17) is 5.11 Å². The molecule has 0 aromatic heterocycles. The summed E-state index contributed by atoms with van der Waals surface area (Å²) in [5.41, 5.74) is 0.405. The van der Waals surface area contributed by atoms with Gasteiger partial charge in [-0.15, -0.1) is 0 Å². The van der Waals surface area contributed by atoms with E-state index in [0.717, 1.165) is 25.7 Å². The molecule has 0 aliphatic rings. The number of allylic oxidation sites excluding steroid dienone is 4. The SMILES string of the molecule is CCCCCC(O)CCC(C(C)=O)C(C=O)=CC=CCCCC(=O)O. The predicted molar refractivity (Wildman–Crippen MR) is 98.3 cm³/mol. The van der Waals surface area contributed by atoms with Crippen molar-refractivity contribution in [2.24, 2.45) is 5.92 Å². The van der Waals surface area contributed by atoms with E-state index in [1.807, 2.05) is 0 Å². The van der Waals surface area contributed by atoms with Crippen molar-refractivity contribution in [3.8, 4) is 0 Å². The van der Waals surface area contributed by atoms with Crippen LogP contribution in [-0.4, -0.2) is 34.4 Å². The number of aliphatic hydroxyl groups excluding tert-OH is 1. The monoisotopic (exact) mass is 352 g/mol. The lowest BCUT2D eigenvalue weighted by Crippen LogP contribution is -2.18. The van der Waals surface area contributed by atoms with Gasteiger partial charge in [-0.1, -0.05) is 44.4 Å². The third-order valence-corrected chi connectivity index (χ3v) is 4.14. The van der Waals surface area contributed by atoms with E-state index in [-0.39, 0.29) is 12.2 Å². The van der Waals surface area contributed by atoms with Crippen molar-refractivity contribution in [1.82, 2.24) is 0 Å².